The van der Waals surface area contributed by atoms with Gasteiger partial charge in [-0.25, -0.2) is 0 Å². The molecule has 169 valence electrons. The van der Waals surface area contributed by atoms with Gasteiger partial charge in [-0.2, -0.15) is 0 Å². The van der Waals surface area contributed by atoms with Gasteiger partial charge in [0, 0.05) is 0 Å². The quantitative estimate of drug-likeness (QED) is 0.319. The molecule has 2 rings (SSSR count). The van der Waals surface area contributed by atoms with Crippen LogP contribution < -0.4 is 4.74 Å². The fourth-order valence-corrected chi connectivity index (χ4v) is 4.64. The average molecular weight is 456 g/mol. The van der Waals surface area contributed by atoms with Crippen LogP contribution in [-0.2, 0) is 18.7 Å². The standard InChI is InChI=1S/C17H24O.C9H13.C3H6.Ti/c1-6-14(2)12-15(17(3,4)5)13-18-16-10-8-7-9-11-16;1-9(2,3)8-6-4-5-7-8;1-3-2;/h6-12H,13H2,1-5H3;6-7H,4H2,1-3H3;1-2H3;. The second-order valence-electron chi connectivity index (χ2n) is 10.5. The molecule has 1 aromatic rings. The Labute approximate surface area is 200 Å². The monoisotopic (exact) mass is 455 g/mol. The number of para-hydroxylation sites is 1. The van der Waals surface area contributed by atoms with Gasteiger partial charge in [0.05, 0.1) is 0 Å². The normalized spacial score (nSPS) is 14.8. The number of rotatable bonds is 5. The SMILES string of the molecule is CC=C(C)C=C(COc1ccccc1)C(C)(C)C.C[C](C)=[Ti][C]1=CC(C(C)(C)C)=CC1. The molecule has 0 heterocycles. The molecule has 0 spiro atoms. The fourth-order valence-electron chi connectivity index (χ4n) is 2.97. The van der Waals surface area contributed by atoms with Gasteiger partial charge < -0.3 is 4.74 Å². The minimum absolute atomic E-state index is 0.0803. The van der Waals surface area contributed by atoms with E-state index >= 15 is 0 Å². The maximum absolute atomic E-state index is 5.84. The molecule has 0 radical (unpaired) electrons. The Morgan fingerprint density at radius 3 is 2.06 bits per heavy atom. The molecule has 0 unspecified atom stereocenters. The molecule has 0 saturated heterocycles. The summed E-state index contributed by atoms with van der Waals surface area (Å²) in [5.74, 6) is 0.922. The van der Waals surface area contributed by atoms with E-state index in [9.17, 15) is 0 Å². The second-order valence-corrected chi connectivity index (χ2v) is 13.4. The van der Waals surface area contributed by atoms with Gasteiger partial charge in [-0.3, -0.25) is 0 Å². The third-order valence-electron chi connectivity index (χ3n) is 5.11. The van der Waals surface area contributed by atoms with Gasteiger partial charge in [0.1, 0.15) is 12.4 Å². The molecule has 2 heteroatoms. The summed E-state index contributed by atoms with van der Waals surface area (Å²) in [5, 5.41) is 0. The summed E-state index contributed by atoms with van der Waals surface area (Å²) in [7, 11) is 0. The number of benzene rings is 1. The molecular formula is C29H43OTi. The summed E-state index contributed by atoms with van der Waals surface area (Å²) in [6.07, 6.45) is 10.4. The fraction of sp³-hybridized carbons (Fsp3) is 0.483. The molecule has 1 aromatic carbocycles. The first-order valence-corrected chi connectivity index (χ1v) is 12.9. The van der Waals surface area contributed by atoms with E-state index in [2.05, 4.69) is 93.5 Å². The van der Waals surface area contributed by atoms with Crippen LogP contribution in [0.25, 0.3) is 0 Å². The van der Waals surface area contributed by atoms with Crippen LogP contribution in [0, 0.1) is 10.8 Å². The van der Waals surface area contributed by atoms with Crippen molar-refractivity contribution in [3.8, 4) is 5.75 Å². The average Bonchev–Trinajstić information content (AvgIpc) is 3.13. The molecule has 0 fully saturated rings. The van der Waals surface area contributed by atoms with Crippen LogP contribution in [0.4, 0.5) is 0 Å². The van der Waals surface area contributed by atoms with Crippen LogP contribution in [0.2, 0.25) is 0 Å². The van der Waals surface area contributed by atoms with Crippen molar-refractivity contribution < 1.29 is 23.4 Å². The molecular weight excluding hydrogens is 412 g/mol. The molecule has 1 aliphatic carbocycles. The van der Waals surface area contributed by atoms with E-state index in [-0.39, 0.29) is 24.1 Å². The Balaban J connectivity index is 0.000000327. The third-order valence-corrected chi connectivity index (χ3v) is 6.93. The van der Waals surface area contributed by atoms with Gasteiger partial charge in [0.25, 0.3) is 0 Å². The first-order valence-electron chi connectivity index (χ1n) is 11.3. The van der Waals surface area contributed by atoms with Crippen LogP contribution in [0.15, 0.2) is 75.2 Å². The van der Waals surface area contributed by atoms with Gasteiger partial charge in [-0.05, 0) is 37.0 Å². The number of hydrogen-bond acceptors (Lipinski definition) is 1. The summed E-state index contributed by atoms with van der Waals surface area (Å²) in [5.41, 5.74) is 4.58. The Morgan fingerprint density at radius 2 is 1.61 bits per heavy atom. The third kappa shape index (κ3) is 11.1. The van der Waals surface area contributed by atoms with Crippen LogP contribution in [0.3, 0.4) is 0 Å². The molecule has 0 amide bonds. The van der Waals surface area contributed by atoms with Crippen molar-refractivity contribution in [1.82, 2.24) is 0 Å². The molecule has 1 nitrogen and oxygen atoms in total. The van der Waals surface area contributed by atoms with E-state index in [1.54, 1.807) is 7.69 Å². The zero-order chi connectivity index (χ0) is 23.7. The van der Waals surface area contributed by atoms with Crippen molar-refractivity contribution in [3.63, 3.8) is 0 Å². The maximum atomic E-state index is 5.84. The summed E-state index contributed by atoms with van der Waals surface area (Å²) < 4.78 is 9.18. The molecule has 1 aliphatic rings. The van der Waals surface area contributed by atoms with E-state index in [1.165, 1.54) is 23.1 Å². The van der Waals surface area contributed by atoms with Crippen LogP contribution in [0.1, 0.15) is 75.7 Å². The van der Waals surface area contributed by atoms with E-state index in [0.717, 1.165) is 5.75 Å². The predicted octanol–water partition coefficient (Wildman–Crippen LogP) is 8.55. The van der Waals surface area contributed by atoms with Gasteiger partial charge >= 0.3 is 90.6 Å². The van der Waals surface area contributed by atoms with Crippen molar-refractivity contribution in [2.24, 2.45) is 10.8 Å². The van der Waals surface area contributed by atoms with Gasteiger partial charge in [-0.15, -0.1) is 0 Å². The van der Waals surface area contributed by atoms with Crippen molar-refractivity contribution in [2.75, 3.05) is 6.61 Å². The topological polar surface area (TPSA) is 9.23 Å². The van der Waals surface area contributed by atoms with Crippen molar-refractivity contribution >= 4 is 3.81 Å². The predicted molar refractivity (Wildman–Crippen MR) is 135 cm³/mol. The molecule has 0 aliphatic heterocycles. The Kier molecular flexibility index (Phi) is 11.2. The number of hydrogen-bond donors (Lipinski definition) is 0. The summed E-state index contributed by atoms with van der Waals surface area (Å²) in [6.45, 7) is 22.9. The first-order chi connectivity index (χ1) is 14.3. The number of allylic oxidation sites excluding steroid dienone is 7. The van der Waals surface area contributed by atoms with E-state index < -0.39 is 0 Å². The summed E-state index contributed by atoms with van der Waals surface area (Å²) >= 11 is 0.0803. The Bertz CT molecular complexity index is 846. The molecule has 0 bridgehead atoms. The van der Waals surface area contributed by atoms with Crippen LogP contribution >= 0.6 is 0 Å². The van der Waals surface area contributed by atoms with E-state index in [1.807, 2.05) is 30.3 Å². The van der Waals surface area contributed by atoms with Gasteiger partial charge in [0.15, 0.2) is 0 Å². The van der Waals surface area contributed by atoms with Crippen molar-refractivity contribution in [1.29, 1.82) is 0 Å². The summed E-state index contributed by atoms with van der Waals surface area (Å²) in [6, 6.07) is 9.96. The Morgan fingerprint density at radius 1 is 1.00 bits per heavy atom. The number of ether oxygens (including phenoxy) is 1. The molecule has 31 heavy (non-hydrogen) atoms. The first kappa shape index (κ1) is 27.6. The van der Waals surface area contributed by atoms with Gasteiger partial charge in [0.2, 0.25) is 0 Å². The van der Waals surface area contributed by atoms with Crippen LogP contribution in [-0.4, -0.2) is 10.4 Å². The van der Waals surface area contributed by atoms with Crippen molar-refractivity contribution in [2.45, 2.75) is 75.7 Å². The second kappa shape index (κ2) is 12.6. The minimum atomic E-state index is 0.0803. The van der Waals surface area contributed by atoms with Crippen molar-refractivity contribution in [3.05, 3.63) is 75.2 Å². The zero-order valence-electron chi connectivity index (χ0n) is 21.5. The zero-order valence-corrected chi connectivity index (χ0v) is 23.1. The molecule has 0 atom stereocenters. The van der Waals surface area contributed by atoms with E-state index in [4.69, 9.17) is 4.74 Å². The molecule has 0 N–H and O–H groups in total. The van der Waals surface area contributed by atoms with Gasteiger partial charge in [-0.1, -0.05) is 56.7 Å². The van der Waals surface area contributed by atoms with E-state index in [0.29, 0.717) is 12.0 Å². The Hall–Kier alpha value is -1.44. The summed E-state index contributed by atoms with van der Waals surface area (Å²) in [4.78, 5) is 0. The van der Waals surface area contributed by atoms with Crippen LogP contribution in [0.5, 0.6) is 5.75 Å². The molecule has 0 saturated carbocycles. The molecule has 0 aromatic heterocycles.